The van der Waals surface area contributed by atoms with Gasteiger partial charge < -0.3 is 9.47 Å². The van der Waals surface area contributed by atoms with Crippen molar-refractivity contribution >= 4 is 11.9 Å². The van der Waals surface area contributed by atoms with Gasteiger partial charge in [0.15, 0.2) is 0 Å². The van der Waals surface area contributed by atoms with Gasteiger partial charge in [0.1, 0.15) is 6.10 Å². The lowest BCUT2D eigenvalue weighted by atomic mass is 10.2. The maximum atomic E-state index is 10.8. The number of carbonyl (C=O) groups is 2. The summed E-state index contributed by atoms with van der Waals surface area (Å²) in [7, 11) is 0. The van der Waals surface area contributed by atoms with E-state index in [9.17, 15) is 9.59 Å². The van der Waals surface area contributed by atoms with Crippen molar-refractivity contribution in [3.05, 3.63) is 12.2 Å². The first kappa shape index (κ1) is 12.7. The molecule has 80 valence electrons. The highest BCUT2D eigenvalue weighted by Gasteiger charge is 2.02. The quantitative estimate of drug-likeness (QED) is 0.498. The molecule has 0 N–H and O–H groups in total. The smallest absolute Gasteiger partial charge is 0.330 e. The second-order valence-electron chi connectivity index (χ2n) is 2.81. The van der Waals surface area contributed by atoms with Crippen LogP contribution in [0.25, 0.3) is 0 Å². The third-order valence-electron chi connectivity index (χ3n) is 1.38. The van der Waals surface area contributed by atoms with E-state index in [-0.39, 0.29) is 18.0 Å². The molecule has 0 saturated heterocycles. The molecule has 0 aromatic heterocycles. The fourth-order valence-corrected chi connectivity index (χ4v) is 0.878. The van der Waals surface area contributed by atoms with Crippen LogP contribution < -0.4 is 0 Å². The van der Waals surface area contributed by atoms with Crippen LogP contribution >= 0.6 is 0 Å². The SMILES string of the molecule is CCOC(=O)C=CCC(C)OC(C)=O. The molecule has 0 aliphatic rings. The largest absolute Gasteiger partial charge is 0.463 e. The molecule has 14 heavy (non-hydrogen) atoms. The van der Waals surface area contributed by atoms with E-state index in [0.29, 0.717) is 13.0 Å². The average molecular weight is 200 g/mol. The van der Waals surface area contributed by atoms with Crippen molar-refractivity contribution in [1.29, 1.82) is 0 Å². The minimum atomic E-state index is -0.373. The van der Waals surface area contributed by atoms with E-state index in [1.165, 1.54) is 13.0 Å². The van der Waals surface area contributed by atoms with Gasteiger partial charge in [-0.05, 0) is 13.8 Å². The van der Waals surface area contributed by atoms with E-state index in [2.05, 4.69) is 4.74 Å². The van der Waals surface area contributed by atoms with Gasteiger partial charge in [-0.15, -0.1) is 0 Å². The number of hydrogen-bond donors (Lipinski definition) is 0. The zero-order valence-electron chi connectivity index (χ0n) is 8.78. The Labute approximate surface area is 83.9 Å². The molecule has 0 saturated carbocycles. The lowest BCUT2D eigenvalue weighted by Gasteiger charge is -2.07. The molecule has 0 spiro atoms. The van der Waals surface area contributed by atoms with Crippen molar-refractivity contribution in [3.63, 3.8) is 0 Å². The van der Waals surface area contributed by atoms with Gasteiger partial charge in [-0.1, -0.05) is 6.08 Å². The summed E-state index contributed by atoms with van der Waals surface area (Å²) in [5.41, 5.74) is 0. The van der Waals surface area contributed by atoms with Crippen molar-refractivity contribution in [2.45, 2.75) is 33.3 Å². The number of hydrogen-bond acceptors (Lipinski definition) is 4. The summed E-state index contributed by atoms with van der Waals surface area (Å²) in [6.07, 6.45) is 3.27. The van der Waals surface area contributed by atoms with Gasteiger partial charge in [-0.3, -0.25) is 4.79 Å². The predicted octanol–water partition coefficient (Wildman–Crippen LogP) is 1.45. The second-order valence-corrected chi connectivity index (χ2v) is 2.81. The normalized spacial score (nSPS) is 12.5. The van der Waals surface area contributed by atoms with Crippen LogP contribution in [0.2, 0.25) is 0 Å². The lowest BCUT2D eigenvalue weighted by molar-refractivity contribution is -0.145. The molecule has 1 unspecified atom stereocenters. The zero-order valence-corrected chi connectivity index (χ0v) is 8.78. The van der Waals surface area contributed by atoms with E-state index in [4.69, 9.17) is 4.74 Å². The molecular formula is C10H16O4. The Balaban J connectivity index is 3.70. The molecule has 4 nitrogen and oxygen atoms in total. The van der Waals surface area contributed by atoms with Crippen molar-refractivity contribution in [2.24, 2.45) is 0 Å². The molecule has 0 amide bonds. The highest BCUT2D eigenvalue weighted by Crippen LogP contribution is 1.99. The molecule has 0 aliphatic carbocycles. The molecule has 4 heteroatoms. The Morgan fingerprint density at radius 3 is 2.57 bits per heavy atom. The molecule has 0 rings (SSSR count). The summed E-state index contributed by atoms with van der Waals surface area (Å²) in [4.78, 5) is 21.3. The van der Waals surface area contributed by atoms with Gasteiger partial charge in [0.05, 0.1) is 6.61 Å². The predicted molar refractivity (Wildman–Crippen MR) is 51.6 cm³/mol. The first-order valence-electron chi connectivity index (χ1n) is 4.56. The Bertz CT molecular complexity index is 220. The van der Waals surface area contributed by atoms with Crippen molar-refractivity contribution < 1.29 is 19.1 Å². The van der Waals surface area contributed by atoms with E-state index in [1.807, 2.05) is 0 Å². The molecule has 0 aliphatic heterocycles. The van der Waals surface area contributed by atoms with Crippen molar-refractivity contribution in [1.82, 2.24) is 0 Å². The van der Waals surface area contributed by atoms with Gasteiger partial charge in [-0.25, -0.2) is 4.79 Å². The molecule has 0 radical (unpaired) electrons. The van der Waals surface area contributed by atoms with Crippen molar-refractivity contribution in [3.8, 4) is 0 Å². The van der Waals surface area contributed by atoms with Crippen molar-refractivity contribution in [2.75, 3.05) is 6.61 Å². The van der Waals surface area contributed by atoms with E-state index in [0.717, 1.165) is 0 Å². The number of carbonyl (C=O) groups excluding carboxylic acids is 2. The Morgan fingerprint density at radius 1 is 1.43 bits per heavy atom. The summed E-state index contributed by atoms with van der Waals surface area (Å²) >= 11 is 0. The molecule has 0 aromatic carbocycles. The first-order valence-corrected chi connectivity index (χ1v) is 4.56. The van der Waals surface area contributed by atoms with Crippen LogP contribution in [0.3, 0.4) is 0 Å². The highest BCUT2D eigenvalue weighted by atomic mass is 16.5. The molecule has 0 aromatic rings. The molecule has 1 atom stereocenters. The average Bonchev–Trinajstić information content (AvgIpc) is 2.02. The van der Waals surface area contributed by atoms with Crippen LogP contribution in [0.15, 0.2) is 12.2 Å². The summed E-state index contributed by atoms with van der Waals surface area (Å²) in [5, 5.41) is 0. The van der Waals surface area contributed by atoms with Gasteiger partial charge in [-0.2, -0.15) is 0 Å². The molecular weight excluding hydrogens is 184 g/mol. The van der Waals surface area contributed by atoms with E-state index in [1.54, 1.807) is 19.9 Å². The Kier molecular flexibility index (Phi) is 6.45. The van der Waals surface area contributed by atoms with Gasteiger partial charge in [0, 0.05) is 19.4 Å². The number of esters is 2. The van der Waals surface area contributed by atoms with Crippen LogP contribution in [0.5, 0.6) is 0 Å². The highest BCUT2D eigenvalue weighted by molar-refractivity contribution is 5.81. The molecule has 0 heterocycles. The van der Waals surface area contributed by atoms with Crippen LogP contribution in [0.4, 0.5) is 0 Å². The fourth-order valence-electron chi connectivity index (χ4n) is 0.878. The monoisotopic (exact) mass is 200 g/mol. The van der Waals surface area contributed by atoms with Crippen LogP contribution in [-0.4, -0.2) is 24.6 Å². The number of ether oxygens (including phenoxy) is 2. The van der Waals surface area contributed by atoms with Crippen LogP contribution in [0.1, 0.15) is 27.2 Å². The van der Waals surface area contributed by atoms with Gasteiger partial charge >= 0.3 is 11.9 Å². The minimum absolute atomic E-state index is 0.210. The Hall–Kier alpha value is -1.32. The van der Waals surface area contributed by atoms with Gasteiger partial charge in [0.25, 0.3) is 0 Å². The summed E-state index contributed by atoms with van der Waals surface area (Å²) < 4.78 is 9.52. The molecule has 0 fully saturated rings. The summed E-state index contributed by atoms with van der Waals surface area (Å²) in [6, 6.07) is 0. The van der Waals surface area contributed by atoms with Crippen LogP contribution in [0, 0.1) is 0 Å². The maximum Gasteiger partial charge on any atom is 0.330 e. The fraction of sp³-hybridized carbons (Fsp3) is 0.600. The third-order valence-corrected chi connectivity index (χ3v) is 1.38. The first-order chi connectivity index (χ1) is 6.56. The van der Waals surface area contributed by atoms with E-state index >= 15 is 0 Å². The summed E-state index contributed by atoms with van der Waals surface area (Å²) in [6.45, 7) is 5.22. The third kappa shape index (κ3) is 7.34. The standard InChI is InChI=1S/C10H16O4/c1-4-13-10(12)7-5-6-8(2)14-9(3)11/h5,7-8H,4,6H2,1-3H3. The minimum Gasteiger partial charge on any atom is -0.463 e. The van der Waals surface area contributed by atoms with Crippen LogP contribution in [-0.2, 0) is 19.1 Å². The topological polar surface area (TPSA) is 52.6 Å². The molecule has 0 bridgehead atoms. The maximum absolute atomic E-state index is 10.8. The van der Waals surface area contributed by atoms with Gasteiger partial charge in [0.2, 0.25) is 0 Å². The Morgan fingerprint density at radius 2 is 2.07 bits per heavy atom. The van der Waals surface area contributed by atoms with E-state index < -0.39 is 0 Å². The number of rotatable bonds is 5. The zero-order chi connectivity index (χ0) is 11.0. The summed E-state index contributed by atoms with van der Waals surface area (Å²) in [5.74, 6) is -0.690. The second kappa shape index (κ2) is 7.12. The lowest BCUT2D eigenvalue weighted by Crippen LogP contribution is -2.11.